The third-order valence-corrected chi connectivity index (χ3v) is 3.10. The summed E-state index contributed by atoms with van der Waals surface area (Å²) in [6.45, 7) is 1.78. The van der Waals surface area contributed by atoms with Crippen LogP contribution in [-0.2, 0) is 4.79 Å². The summed E-state index contributed by atoms with van der Waals surface area (Å²) in [4.78, 5) is 23.4. The van der Waals surface area contributed by atoms with E-state index in [1.165, 1.54) is 0 Å². The lowest BCUT2D eigenvalue weighted by Crippen LogP contribution is -2.36. The second-order valence-corrected chi connectivity index (χ2v) is 4.55. The molecular weight excluding hydrogens is 264 g/mol. The highest BCUT2D eigenvalue weighted by atomic mass is 35.5. The van der Waals surface area contributed by atoms with E-state index in [0.29, 0.717) is 5.56 Å². The first-order valence-electron chi connectivity index (χ1n) is 6.34. The Hall–Kier alpha value is -1.39. The molecule has 1 aliphatic heterocycles. The van der Waals surface area contributed by atoms with Crippen molar-refractivity contribution in [2.75, 3.05) is 13.1 Å². The minimum absolute atomic E-state index is 0. The molecule has 5 heteroatoms. The third-order valence-electron chi connectivity index (χ3n) is 3.10. The number of Topliss-reactive ketones (excluding diaryl/α,β-unsaturated/α-hetero) is 1. The largest absolute Gasteiger partial charge is 0.352 e. The predicted molar refractivity (Wildman–Crippen MR) is 76.7 cm³/mol. The first kappa shape index (κ1) is 15.7. The molecule has 1 fully saturated rings. The van der Waals surface area contributed by atoms with Gasteiger partial charge in [-0.25, -0.2) is 0 Å². The Morgan fingerprint density at radius 3 is 2.58 bits per heavy atom. The number of ketones is 1. The van der Waals surface area contributed by atoms with Crippen molar-refractivity contribution in [2.24, 2.45) is 0 Å². The van der Waals surface area contributed by atoms with E-state index in [1.807, 2.05) is 18.2 Å². The maximum absolute atomic E-state index is 11.8. The molecule has 19 heavy (non-hydrogen) atoms. The second-order valence-electron chi connectivity index (χ2n) is 4.55. The van der Waals surface area contributed by atoms with Gasteiger partial charge in [0.15, 0.2) is 5.78 Å². The van der Waals surface area contributed by atoms with Crippen LogP contribution in [-0.4, -0.2) is 30.8 Å². The quantitative estimate of drug-likeness (QED) is 0.806. The molecule has 1 aromatic rings. The Balaban J connectivity index is 0.00000180. The summed E-state index contributed by atoms with van der Waals surface area (Å²) < 4.78 is 0. The molecule has 0 saturated carbocycles. The second kappa shape index (κ2) is 7.92. The van der Waals surface area contributed by atoms with Crippen molar-refractivity contribution in [3.05, 3.63) is 35.9 Å². The molecule has 0 bridgehead atoms. The van der Waals surface area contributed by atoms with Crippen molar-refractivity contribution in [3.63, 3.8) is 0 Å². The number of rotatable bonds is 5. The Morgan fingerprint density at radius 2 is 1.95 bits per heavy atom. The van der Waals surface area contributed by atoms with Crippen LogP contribution in [0.25, 0.3) is 0 Å². The number of benzene rings is 1. The highest BCUT2D eigenvalue weighted by Crippen LogP contribution is 2.05. The number of carbonyl (C=O) groups is 2. The Morgan fingerprint density at radius 1 is 1.21 bits per heavy atom. The Kier molecular flexibility index (Phi) is 6.53. The van der Waals surface area contributed by atoms with E-state index in [2.05, 4.69) is 10.6 Å². The van der Waals surface area contributed by atoms with E-state index in [0.717, 1.165) is 19.5 Å². The average Bonchev–Trinajstić information content (AvgIpc) is 2.90. The third kappa shape index (κ3) is 5.01. The molecule has 0 aliphatic carbocycles. The van der Waals surface area contributed by atoms with E-state index in [9.17, 15) is 9.59 Å². The van der Waals surface area contributed by atoms with Crippen LogP contribution in [0.5, 0.6) is 0 Å². The molecule has 2 N–H and O–H groups in total. The molecule has 1 atom stereocenters. The molecule has 1 amide bonds. The SMILES string of the molecule is Cl.O=C(CCC(=O)c1ccccc1)NC1CCNC1. The van der Waals surface area contributed by atoms with Crippen LogP contribution in [0.3, 0.4) is 0 Å². The minimum atomic E-state index is -0.0343. The van der Waals surface area contributed by atoms with E-state index in [4.69, 9.17) is 0 Å². The molecule has 1 aromatic carbocycles. The Labute approximate surface area is 119 Å². The molecule has 1 heterocycles. The summed E-state index contributed by atoms with van der Waals surface area (Å²) >= 11 is 0. The molecule has 4 nitrogen and oxygen atoms in total. The van der Waals surface area contributed by atoms with Crippen LogP contribution in [0, 0.1) is 0 Å². The maximum atomic E-state index is 11.8. The van der Waals surface area contributed by atoms with Gasteiger partial charge in [-0.2, -0.15) is 0 Å². The highest BCUT2D eigenvalue weighted by Gasteiger charge is 2.17. The minimum Gasteiger partial charge on any atom is -0.352 e. The van der Waals surface area contributed by atoms with Crippen LogP contribution in [0.4, 0.5) is 0 Å². The van der Waals surface area contributed by atoms with Gasteiger partial charge in [0.2, 0.25) is 5.91 Å². The fourth-order valence-corrected chi connectivity index (χ4v) is 2.07. The lowest BCUT2D eigenvalue weighted by atomic mass is 10.1. The molecule has 0 aromatic heterocycles. The van der Waals surface area contributed by atoms with Crippen LogP contribution in [0.2, 0.25) is 0 Å². The zero-order valence-corrected chi connectivity index (χ0v) is 11.5. The van der Waals surface area contributed by atoms with Crippen LogP contribution >= 0.6 is 12.4 Å². The van der Waals surface area contributed by atoms with Crippen molar-refractivity contribution in [1.29, 1.82) is 0 Å². The van der Waals surface area contributed by atoms with Crippen molar-refractivity contribution >= 4 is 24.1 Å². The van der Waals surface area contributed by atoms with E-state index < -0.39 is 0 Å². The van der Waals surface area contributed by atoms with Gasteiger partial charge in [0.1, 0.15) is 0 Å². The van der Waals surface area contributed by atoms with Gasteiger partial charge < -0.3 is 10.6 Å². The average molecular weight is 283 g/mol. The van der Waals surface area contributed by atoms with Crippen molar-refractivity contribution < 1.29 is 9.59 Å². The molecule has 2 rings (SSSR count). The van der Waals surface area contributed by atoms with Crippen LogP contribution in [0.1, 0.15) is 29.6 Å². The van der Waals surface area contributed by atoms with Gasteiger partial charge >= 0.3 is 0 Å². The first-order valence-corrected chi connectivity index (χ1v) is 6.34. The van der Waals surface area contributed by atoms with Gasteiger partial charge in [-0.05, 0) is 13.0 Å². The number of carbonyl (C=O) groups excluding carboxylic acids is 2. The number of amides is 1. The summed E-state index contributed by atoms with van der Waals surface area (Å²) in [5.74, 6) is -0.0109. The molecule has 0 spiro atoms. The number of hydrogen-bond acceptors (Lipinski definition) is 3. The van der Waals surface area contributed by atoms with Crippen molar-refractivity contribution in [3.8, 4) is 0 Å². The number of hydrogen-bond donors (Lipinski definition) is 2. The van der Waals surface area contributed by atoms with Crippen molar-refractivity contribution in [1.82, 2.24) is 10.6 Å². The number of nitrogens with one attached hydrogen (secondary N) is 2. The lowest BCUT2D eigenvalue weighted by Gasteiger charge is -2.10. The number of halogens is 1. The van der Waals surface area contributed by atoms with Gasteiger partial charge in [-0.3, -0.25) is 9.59 Å². The molecule has 0 radical (unpaired) electrons. The topological polar surface area (TPSA) is 58.2 Å². The fourth-order valence-electron chi connectivity index (χ4n) is 2.07. The summed E-state index contributed by atoms with van der Waals surface area (Å²) in [5.41, 5.74) is 0.674. The summed E-state index contributed by atoms with van der Waals surface area (Å²) in [7, 11) is 0. The van der Waals surface area contributed by atoms with Gasteiger partial charge in [0, 0.05) is 31.0 Å². The smallest absolute Gasteiger partial charge is 0.220 e. The highest BCUT2D eigenvalue weighted by molar-refractivity contribution is 5.97. The molecule has 104 valence electrons. The predicted octanol–water partition coefficient (Wildman–Crippen LogP) is 1.55. The Bertz CT molecular complexity index is 417. The van der Waals surface area contributed by atoms with Gasteiger partial charge in [-0.15, -0.1) is 12.4 Å². The molecule has 1 aliphatic rings. The molecular formula is C14H19ClN2O2. The first-order chi connectivity index (χ1) is 8.75. The van der Waals surface area contributed by atoms with Crippen LogP contribution < -0.4 is 10.6 Å². The van der Waals surface area contributed by atoms with E-state index in [-0.39, 0.29) is 43.0 Å². The fraction of sp³-hybridized carbons (Fsp3) is 0.429. The summed E-state index contributed by atoms with van der Waals surface area (Å²) in [6.07, 6.45) is 1.51. The normalized spacial score (nSPS) is 17.6. The molecule has 1 saturated heterocycles. The standard InChI is InChI=1S/C14H18N2O2.ClH/c17-13(11-4-2-1-3-5-11)6-7-14(18)16-12-8-9-15-10-12;/h1-5,12,15H,6-10H2,(H,16,18);1H. The zero-order chi connectivity index (χ0) is 12.8. The van der Waals surface area contributed by atoms with E-state index in [1.54, 1.807) is 12.1 Å². The lowest BCUT2D eigenvalue weighted by molar-refractivity contribution is -0.121. The van der Waals surface area contributed by atoms with Gasteiger partial charge in [0.25, 0.3) is 0 Å². The molecule has 1 unspecified atom stereocenters. The van der Waals surface area contributed by atoms with Crippen molar-refractivity contribution in [2.45, 2.75) is 25.3 Å². The maximum Gasteiger partial charge on any atom is 0.220 e. The summed E-state index contributed by atoms with van der Waals surface area (Å²) in [5, 5.41) is 6.12. The van der Waals surface area contributed by atoms with Gasteiger partial charge in [0.05, 0.1) is 0 Å². The van der Waals surface area contributed by atoms with E-state index >= 15 is 0 Å². The monoisotopic (exact) mass is 282 g/mol. The van der Waals surface area contributed by atoms with Gasteiger partial charge in [-0.1, -0.05) is 30.3 Å². The zero-order valence-electron chi connectivity index (χ0n) is 10.7. The van der Waals surface area contributed by atoms with Crippen LogP contribution in [0.15, 0.2) is 30.3 Å². The summed E-state index contributed by atoms with van der Waals surface area (Å²) in [6, 6.07) is 9.32.